The molecule has 0 spiro atoms. The van der Waals surface area contributed by atoms with E-state index in [1.54, 1.807) is 24.3 Å². The molecule has 0 radical (unpaired) electrons. The van der Waals surface area contributed by atoms with Crippen molar-refractivity contribution in [2.24, 2.45) is 0 Å². The normalized spacial score (nSPS) is 11.6. The van der Waals surface area contributed by atoms with E-state index in [4.69, 9.17) is 0 Å². The average molecular weight is 411 g/mol. The maximum absolute atomic E-state index is 12.8. The van der Waals surface area contributed by atoms with Gasteiger partial charge in [0.15, 0.2) is 15.0 Å². The van der Waals surface area contributed by atoms with Crippen molar-refractivity contribution >= 4 is 54.2 Å². The molecule has 0 fully saturated rings. The first-order valence-corrected chi connectivity index (χ1v) is 11.3. The van der Waals surface area contributed by atoms with E-state index in [-0.39, 0.29) is 23.0 Å². The molecule has 9 heteroatoms. The van der Waals surface area contributed by atoms with Crippen LogP contribution in [0.2, 0.25) is 0 Å². The largest absolute Gasteiger partial charge is 0.302 e. The highest BCUT2D eigenvalue weighted by molar-refractivity contribution is 7.99. The monoisotopic (exact) mass is 410 g/mol. The Morgan fingerprint density at radius 1 is 1.23 bits per heavy atom. The van der Waals surface area contributed by atoms with E-state index in [2.05, 4.69) is 10.3 Å². The van der Waals surface area contributed by atoms with Crippen LogP contribution in [0.3, 0.4) is 0 Å². The number of fused-ring (bicyclic) bond motifs is 1. The molecule has 0 unspecified atom stereocenters. The molecule has 1 amide bonds. The van der Waals surface area contributed by atoms with Gasteiger partial charge in [-0.1, -0.05) is 11.3 Å². The number of thiazole rings is 1. The van der Waals surface area contributed by atoms with E-state index >= 15 is 0 Å². The molecule has 0 saturated heterocycles. The van der Waals surface area contributed by atoms with E-state index < -0.39 is 9.84 Å². The number of amides is 1. The topological polar surface area (TPSA) is 76.1 Å². The Kier molecular flexibility index (Phi) is 5.59. The summed E-state index contributed by atoms with van der Waals surface area (Å²) in [4.78, 5) is 17.5. The van der Waals surface area contributed by atoms with Crippen LogP contribution in [0, 0.1) is 5.82 Å². The molecule has 3 aromatic rings. The fourth-order valence-electron chi connectivity index (χ4n) is 2.16. The molecule has 5 nitrogen and oxygen atoms in total. The molecular formula is C17H15FN2O3S3. The van der Waals surface area contributed by atoms with Gasteiger partial charge in [-0.05, 0) is 42.5 Å². The Morgan fingerprint density at radius 2 is 1.96 bits per heavy atom. The number of nitrogens with one attached hydrogen (secondary N) is 1. The van der Waals surface area contributed by atoms with Gasteiger partial charge in [-0.25, -0.2) is 17.8 Å². The highest BCUT2D eigenvalue weighted by atomic mass is 32.2. The smallest absolute Gasteiger partial charge is 0.226 e. The number of aromatic nitrogens is 1. The molecule has 0 aliphatic carbocycles. The van der Waals surface area contributed by atoms with E-state index in [1.165, 1.54) is 41.3 Å². The van der Waals surface area contributed by atoms with Crippen LogP contribution in [0.25, 0.3) is 10.2 Å². The minimum Gasteiger partial charge on any atom is -0.302 e. The van der Waals surface area contributed by atoms with E-state index in [9.17, 15) is 17.6 Å². The first-order valence-electron chi connectivity index (χ1n) is 7.60. The lowest BCUT2D eigenvalue weighted by molar-refractivity contribution is -0.115. The summed E-state index contributed by atoms with van der Waals surface area (Å²) in [6, 6.07) is 10.8. The van der Waals surface area contributed by atoms with Crippen molar-refractivity contribution in [3.63, 3.8) is 0 Å². The summed E-state index contributed by atoms with van der Waals surface area (Å²) in [5, 5.41) is 3.16. The number of thioether (sulfide) groups is 1. The maximum atomic E-state index is 12.8. The Hall–Kier alpha value is -1.97. The molecule has 2 aromatic carbocycles. The predicted octanol–water partition coefficient (Wildman–Crippen LogP) is 3.96. The van der Waals surface area contributed by atoms with Crippen molar-refractivity contribution in [2.75, 3.05) is 17.3 Å². The number of benzene rings is 2. The van der Waals surface area contributed by atoms with Gasteiger partial charge in [-0.3, -0.25) is 4.79 Å². The van der Waals surface area contributed by atoms with Crippen LogP contribution in [0.1, 0.15) is 6.42 Å². The predicted molar refractivity (Wildman–Crippen MR) is 103 cm³/mol. The van der Waals surface area contributed by atoms with Crippen LogP contribution in [0.15, 0.2) is 52.3 Å². The Labute approximate surface area is 158 Å². The van der Waals surface area contributed by atoms with Gasteiger partial charge in [0.25, 0.3) is 0 Å². The highest BCUT2D eigenvalue weighted by Gasteiger charge is 2.12. The number of carbonyl (C=O) groups excluding carboxylic acids is 1. The Balaban J connectivity index is 1.59. The Bertz CT molecular complexity index is 1050. The molecular weight excluding hydrogens is 395 g/mol. The minimum atomic E-state index is -3.28. The number of hydrogen-bond acceptors (Lipinski definition) is 6. The minimum absolute atomic E-state index is 0.179. The zero-order valence-electron chi connectivity index (χ0n) is 13.7. The molecule has 0 aliphatic rings. The van der Waals surface area contributed by atoms with E-state index in [1.807, 2.05) is 0 Å². The molecule has 0 saturated carbocycles. The van der Waals surface area contributed by atoms with Crippen LogP contribution >= 0.6 is 23.1 Å². The quantitative estimate of drug-likeness (QED) is 0.623. The average Bonchev–Trinajstić information content (AvgIpc) is 2.97. The number of halogens is 1. The van der Waals surface area contributed by atoms with Gasteiger partial charge in [0, 0.05) is 23.3 Å². The number of nitrogens with zero attached hydrogens (tertiary/aromatic N) is 1. The summed E-state index contributed by atoms with van der Waals surface area (Å²) >= 11 is 2.70. The third kappa shape index (κ3) is 4.80. The lowest BCUT2D eigenvalue weighted by Crippen LogP contribution is -2.11. The van der Waals surface area contributed by atoms with Gasteiger partial charge >= 0.3 is 0 Å². The first-order chi connectivity index (χ1) is 12.3. The van der Waals surface area contributed by atoms with Gasteiger partial charge in [0.2, 0.25) is 5.91 Å². The summed E-state index contributed by atoms with van der Waals surface area (Å²) in [7, 11) is -3.28. The molecule has 1 N–H and O–H groups in total. The van der Waals surface area contributed by atoms with Crippen molar-refractivity contribution in [2.45, 2.75) is 16.2 Å². The molecule has 136 valence electrons. The zero-order chi connectivity index (χ0) is 18.7. The number of rotatable bonds is 6. The lowest BCUT2D eigenvalue weighted by atomic mass is 10.3. The summed E-state index contributed by atoms with van der Waals surface area (Å²) < 4.78 is 36.8. The second-order valence-electron chi connectivity index (χ2n) is 5.52. The van der Waals surface area contributed by atoms with E-state index in [0.717, 1.165) is 11.2 Å². The molecule has 1 aromatic heterocycles. The Morgan fingerprint density at radius 3 is 2.65 bits per heavy atom. The van der Waals surface area contributed by atoms with Gasteiger partial charge in [-0.2, -0.15) is 0 Å². The molecule has 3 rings (SSSR count). The van der Waals surface area contributed by atoms with Crippen molar-refractivity contribution < 1.29 is 17.6 Å². The van der Waals surface area contributed by atoms with Crippen LogP contribution in [-0.4, -0.2) is 31.3 Å². The van der Waals surface area contributed by atoms with Gasteiger partial charge in [-0.15, -0.1) is 11.8 Å². The van der Waals surface area contributed by atoms with Crippen molar-refractivity contribution in [1.82, 2.24) is 4.98 Å². The second-order valence-corrected chi connectivity index (χ2v) is 9.74. The highest BCUT2D eigenvalue weighted by Crippen LogP contribution is 2.28. The molecule has 0 atom stereocenters. The van der Waals surface area contributed by atoms with Crippen LogP contribution in [0.5, 0.6) is 0 Å². The third-order valence-corrected chi connectivity index (χ3v) is 6.50. The van der Waals surface area contributed by atoms with Crippen LogP contribution in [0.4, 0.5) is 9.52 Å². The molecule has 1 heterocycles. The molecule has 26 heavy (non-hydrogen) atoms. The second kappa shape index (κ2) is 7.73. The van der Waals surface area contributed by atoms with E-state index in [0.29, 0.717) is 21.1 Å². The zero-order valence-corrected chi connectivity index (χ0v) is 16.2. The third-order valence-electron chi connectivity index (χ3n) is 3.45. The molecule has 0 aliphatic heterocycles. The molecule has 0 bridgehead atoms. The number of sulfone groups is 1. The fourth-order valence-corrected chi connectivity index (χ4v) is 4.66. The standard InChI is InChI=1S/C17H15FN2O3S3/c1-26(22,23)13-6-7-14-15(10-13)25-17(19-14)20-16(21)8-9-24-12-4-2-11(18)3-5-12/h2-7,10H,8-9H2,1H3,(H,19,20,21). The maximum Gasteiger partial charge on any atom is 0.226 e. The number of hydrogen-bond donors (Lipinski definition) is 1. The summed E-state index contributed by atoms with van der Waals surface area (Å²) in [5.41, 5.74) is 0.637. The summed E-state index contributed by atoms with van der Waals surface area (Å²) in [6.07, 6.45) is 1.43. The number of anilines is 1. The fraction of sp³-hybridized carbons (Fsp3) is 0.176. The van der Waals surface area contributed by atoms with Crippen LogP contribution < -0.4 is 5.32 Å². The first kappa shape index (κ1) is 18.8. The van der Waals surface area contributed by atoms with Crippen LogP contribution in [-0.2, 0) is 14.6 Å². The van der Waals surface area contributed by atoms with Crippen molar-refractivity contribution in [1.29, 1.82) is 0 Å². The summed E-state index contributed by atoms with van der Waals surface area (Å²) in [6.45, 7) is 0. The lowest BCUT2D eigenvalue weighted by Gasteiger charge is -2.02. The van der Waals surface area contributed by atoms with Gasteiger partial charge in [0.1, 0.15) is 5.82 Å². The van der Waals surface area contributed by atoms with Crippen molar-refractivity contribution in [3.05, 3.63) is 48.3 Å². The summed E-state index contributed by atoms with van der Waals surface area (Å²) in [5.74, 6) is 0.0876. The number of carbonyl (C=O) groups is 1. The van der Waals surface area contributed by atoms with Crippen molar-refractivity contribution in [3.8, 4) is 0 Å². The van der Waals surface area contributed by atoms with Gasteiger partial charge < -0.3 is 5.32 Å². The van der Waals surface area contributed by atoms with Gasteiger partial charge in [0.05, 0.1) is 15.1 Å². The SMILES string of the molecule is CS(=O)(=O)c1ccc2nc(NC(=O)CCSc3ccc(F)cc3)sc2c1.